The summed E-state index contributed by atoms with van der Waals surface area (Å²) in [5.74, 6) is -0.664. The monoisotopic (exact) mass is 265 g/mol. The number of nitrogens with zero attached hydrogens (tertiary/aromatic N) is 1. The van der Waals surface area contributed by atoms with Crippen LogP contribution >= 0.6 is 0 Å². The van der Waals surface area contributed by atoms with Crippen LogP contribution in [0.3, 0.4) is 0 Å². The highest BCUT2D eigenvalue weighted by atomic mass is 19.1. The van der Waals surface area contributed by atoms with Crippen molar-refractivity contribution < 1.29 is 13.6 Å². The molecule has 1 aliphatic heterocycles. The maximum Gasteiger partial charge on any atom is 0.150 e. The largest absolute Gasteiger partial charge is 0.364 e. The van der Waals surface area contributed by atoms with Gasteiger partial charge in [0, 0.05) is 18.2 Å². The van der Waals surface area contributed by atoms with E-state index in [0.717, 1.165) is 44.2 Å². The third kappa shape index (κ3) is 2.13. The minimum absolute atomic E-state index is 0.0544. The van der Waals surface area contributed by atoms with E-state index in [0.29, 0.717) is 18.7 Å². The van der Waals surface area contributed by atoms with Gasteiger partial charge in [-0.05, 0) is 43.7 Å². The summed E-state index contributed by atoms with van der Waals surface area (Å²) in [5.41, 5.74) is 0.112. The van der Waals surface area contributed by atoms with Gasteiger partial charge in [0.1, 0.15) is 23.6 Å². The highest BCUT2D eigenvalue weighted by Gasteiger charge is 2.37. The average Bonchev–Trinajstić information content (AvgIpc) is 2.86. The lowest BCUT2D eigenvalue weighted by atomic mass is 9.91. The smallest absolute Gasteiger partial charge is 0.150 e. The fourth-order valence-corrected chi connectivity index (χ4v) is 3.66. The van der Waals surface area contributed by atoms with Crippen LogP contribution in [0, 0.1) is 17.6 Å². The maximum atomic E-state index is 14.1. The number of aldehydes is 1. The standard InChI is InChI=1S/C15H17F2NO/c16-12-7-10(9-19)8-13(17)15(12)18-6-2-4-11-3-1-5-14(11)18/h7-9,11,14H,1-6H2. The van der Waals surface area contributed by atoms with Gasteiger partial charge in [-0.15, -0.1) is 0 Å². The van der Waals surface area contributed by atoms with Gasteiger partial charge in [-0.1, -0.05) is 6.42 Å². The van der Waals surface area contributed by atoms with Gasteiger partial charge in [-0.3, -0.25) is 4.79 Å². The van der Waals surface area contributed by atoms with Crippen molar-refractivity contribution in [2.24, 2.45) is 5.92 Å². The van der Waals surface area contributed by atoms with E-state index >= 15 is 0 Å². The van der Waals surface area contributed by atoms with Crippen molar-refractivity contribution in [1.82, 2.24) is 0 Å². The topological polar surface area (TPSA) is 20.3 Å². The van der Waals surface area contributed by atoms with Crippen molar-refractivity contribution in [1.29, 1.82) is 0 Å². The van der Waals surface area contributed by atoms with Gasteiger partial charge < -0.3 is 4.90 Å². The Morgan fingerprint density at radius 1 is 1.11 bits per heavy atom. The summed E-state index contributed by atoms with van der Waals surface area (Å²) in [5, 5.41) is 0. The number of halogens is 2. The van der Waals surface area contributed by atoms with Crippen molar-refractivity contribution in [2.45, 2.75) is 38.1 Å². The molecule has 2 fully saturated rings. The summed E-state index contributed by atoms with van der Waals surface area (Å²) in [6.45, 7) is 0.704. The first-order valence-corrected chi connectivity index (χ1v) is 6.91. The van der Waals surface area contributed by atoms with Crippen molar-refractivity contribution >= 4 is 12.0 Å². The van der Waals surface area contributed by atoms with Gasteiger partial charge in [0.15, 0.2) is 0 Å². The molecule has 0 spiro atoms. The molecule has 2 atom stereocenters. The van der Waals surface area contributed by atoms with E-state index in [9.17, 15) is 13.6 Å². The Morgan fingerprint density at radius 3 is 2.47 bits per heavy atom. The molecule has 1 aromatic carbocycles. The van der Waals surface area contributed by atoms with Gasteiger partial charge >= 0.3 is 0 Å². The number of carbonyl (C=O) groups excluding carboxylic acids is 1. The first-order valence-electron chi connectivity index (χ1n) is 6.91. The quantitative estimate of drug-likeness (QED) is 0.762. The number of anilines is 1. The van der Waals surface area contributed by atoms with Crippen LogP contribution < -0.4 is 4.90 Å². The molecule has 3 rings (SSSR count). The summed E-state index contributed by atoms with van der Waals surface area (Å²) in [7, 11) is 0. The predicted molar refractivity (Wildman–Crippen MR) is 69.5 cm³/mol. The summed E-state index contributed by atoms with van der Waals surface area (Å²) in [4.78, 5) is 12.5. The summed E-state index contributed by atoms with van der Waals surface area (Å²) in [6, 6.07) is 2.52. The van der Waals surface area contributed by atoms with E-state index in [1.165, 1.54) is 0 Å². The molecule has 0 amide bonds. The lowest BCUT2D eigenvalue weighted by molar-refractivity contribution is 0.112. The van der Waals surface area contributed by atoms with Crippen LogP contribution in [0.25, 0.3) is 0 Å². The molecular formula is C15H17F2NO. The minimum Gasteiger partial charge on any atom is -0.364 e. The highest BCUT2D eigenvalue weighted by molar-refractivity contribution is 5.76. The molecule has 1 aromatic rings. The second-order valence-electron chi connectivity index (χ2n) is 5.54. The number of hydrogen-bond donors (Lipinski definition) is 0. The molecule has 4 heteroatoms. The van der Waals surface area contributed by atoms with E-state index in [1.807, 2.05) is 4.90 Å². The van der Waals surface area contributed by atoms with Gasteiger partial charge in [0.05, 0.1) is 0 Å². The molecule has 0 radical (unpaired) electrons. The van der Waals surface area contributed by atoms with Crippen LogP contribution in [0.2, 0.25) is 0 Å². The Labute approximate surface area is 111 Å². The van der Waals surface area contributed by atoms with E-state index < -0.39 is 11.6 Å². The Morgan fingerprint density at radius 2 is 1.79 bits per heavy atom. The van der Waals surface area contributed by atoms with Crippen LogP contribution in [0.1, 0.15) is 42.5 Å². The van der Waals surface area contributed by atoms with E-state index in [1.54, 1.807) is 0 Å². The second kappa shape index (κ2) is 4.91. The first kappa shape index (κ1) is 12.6. The van der Waals surface area contributed by atoms with Crippen molar-refractivity contribution in [3.8, 4) is 0 Å². The number of hydrogen-bond acceptors (Lipinski definition) is 2. The Balaban J connectivity index is 1.99. The molecule has 1 saturated carbocycles. The van der Waals surface area contributed by atoms with Gasteiger partial charge in [-0.25, -0.2) is 8.78 Å². The molecule has 2 aliphatic rings. The highest BCUT2D eigenvalue weighted by Crippen LogP contribution is 2.40. The van der Waals surface area contributed by atoms with Crippen LogP contribution in [-0.2, 0) is 0 Å². The molecule has 2 unspecified atom stereocenters. The summed E-state index contributed by atoms with van der Waals surface area (Å²) >= 11 is 0. The Hall–Kier alpha value is -1.45. The molecule has 0 aromatic heterocycles. The van der Waals surface area contributed by atoms with Crippen LogP contribution in [0.5, 0.6) is 0 Å². The SMILES string of the molecule is O=Cc1cc(F)c(N2CCCC3CCCC32)c(F)c1. The number of piperidine rings is 1. The number of fused-ring (bicyclic) bond motifs is 1. The third-order valence-corrected chi connectivity index (χ3v) is 4.46. The molecule has 19 heavy (non-hydrogen) atoms. The Bertz CT molecular complexity index is 480. The maximum absolute atomic E-state index is 14.1. The average molecular weight is 265 g/mol. The fourth-order valence-electron chi connectivity index (χ4n) is 3.66. The predicted octanol–water partition coefficient (Wildman–Crippen LogP) is 3.55. The molecule has 2 nitrogen and oxygen atoms in total. The molecular weight excluding hydrogens is 248 g/mol. The normalized spacial score (nSPS) is 26.3. The molecule has 0 N–H and O–H groups in total. The summed E-state index contributed by atoms with van der Waals surface area (Å²) in [6.07, 6.45) is 5.94. The van der Waals surface area contributed by atoms with Crippen molar-refractivity contribution in [2.75, 3.05) is 11.4 Å². The zero-order valence-electron chi connectivity index (χ0n) is 10.7. The zero-order chi connectivity index (χ0) is 13.4. The lowest BCUT2D eigenvalue weighted by Gasteiger charge is -2.39. The van der Waals surface area contributed by atoms with E-state index in [4.69, 9.17) is 0 Å². The minimum atomic E-state index is -0.616. The second-order valence-corrected chi connectivity index (χ2v) is 5.54. The first-order chi connectivity index (χ1) is 9.20. The van der Waals surface area contributed by atoms with E-state index in [2.05, 4.69) is 0 Å². The summed E-state index contributed by atoms with van der Waals surface area (Å²) < 4.78 is 28.2. The molecule has 102 valence electrons. The van der Waals surface area contributed by atoms with Crippen LogP contribution in [-0.4, -0.2) is 18.9 Å². The van der Waals surface area contributed by atoms with Crippen molar-refractivity contribution in [3.05, 3.63) is 29.3 Å². The zero-order valence-corrected chi connectivity index (χ0v) is 10.7. The van der Waals surface area contributed by atoms with Gasteiger partial charge in [0.25, 0.3) is 0 Å². The van der Waals surface area contributed by atoms with Crippen molar-refractivity contribution in [3.63, 3.8) is 0 Å². The van der Waals surface area contributed by atoms with Gasteiger partial charge in [0.2, 0.25) is 0 Å². The van der Waals surface area contributed by atoms with Gasteiger partial charge in [-0.2, -0.15) is 0 Å². The number of carbonyl (C=O) groups is 1. The van der Waals surface area contributed by atoms with Crippen LogP contribution in [0.4, 0.5) is 14.5 Å². The fraction of sp³-hybridized carbons (Fsp3) is 0.533. The van der Waals surface area contributed by atoms with E-state index in [-0.39, 0.29) is 17.3 Å². The third-order valence-electron chi connectivity index (χ3n) is 4.46. The number of rotatable bonds is 2. The number of benzene rings is 1. The molecule has 1 aliphatic carbocycles. The molecule has 1 heterocycles. The molecule has 1 saturated heterocycles. The van der Waals surface area contributed by atoms with Crippen LogP contribution in [0.15, 0.2) is 12.1 Å². The lowest BCUT2D eigenvalue weighted by Crippen LogP contribution is -2.43. The Kier molecular flexibility index (Phi) is 3.25. The molecule has 0 bridgehead atoms.